The quantitative estimate of drug-likeness (QED) is 0.687. The van der Waals surface area contributed by atoms with Crippen molar-refractivity contribution in [3.05, 3.63) is 47.2 Å². The summed E-state index contributed by atoms with van der Waals surface area (Å²) in [6, 6.07) is 14.7. The zero-order chi connectivity index (χ0) is 16.5. The van der Waals surface area contributed by atoms with Crippen molar-refractivity contribution in [2.24, 2.45) is 7.05 Å². The van der Waals surface area contributed by atoms with Crippen LogP contribution in [0.4, 0.5) is 0 Å². The second-order valence-electron chi connectivity index (χ2n) is 6.06. The molecule has 0 spiro atoms. The third-order valence-corrected chi connectivity index (χ3v) is 4.99. The molecule has 0 unspecified atom stereocenters. The van der Waals surface area contributed by atoms with Crippen molar-refractivity contribution >= 4 is 23.0 Å². The number of hydrogen-bond acceptors (Lipinski definition) is 4. The van der Waals surface area contributed by atoms with E-state index in [0.717, 1.165) is 42.5 Å². The molecule has 24 heavy (non-hydrogen) atoms. The predicted octanol–water partition coefficient (Wildman–Crippen LogP) is 3.06. The van der Waals surface area contributed by atoms with Gasteiger partial charge in [-0.3, -0.25) is 4.90 Å². The third-order valence-electron chi connectivity index (χ3n) is 4.51. The molecule has 0 saturated carbocycles. The first-order valence-electron chi connectivity index (χ1n) is 8.16. The van der Waals surface area contributed by atoms with E-state index >= 15 is 0 Å². The Morgan fingerprint density at radius 2 is 1.83 bits per heavy atom. The lowest BCUT2D eigenvalue weighted by Gasteiger charge is -2.26. The van der Waals surface area contributed by atoms with Crippen molar-refractivity contribution < 1.29 is 4.74 Å². The van der Waals surface area contributed by atoms with Gasteiger partial charge in [-0.2, -0.15) is 5.10 Å². The van der Waals surface area contributed by atoms with Crippen LogP contribution in [0.1, 0.15) is 0 Å². The van der Waals surface area contributed by atoms with Crippen LogP contribution in [0.15, 0.2) is 42.5 Å². The molecular formula is C18H20N4OS. The lowest BCUT2D eigenvalue weighted by Crippen LogP contribution is -2.37. The zero-order valence-electron chi connectivity index (χ0n) is 13.7. The monoisotopic (exact) mass is 340 g/mol. The van der Waals surface area contributed by atoms with E-state index in [1.54, 1.807) is 0 Å². The highest BCUT2D eigenvalue weighted by Crippen LogP contribution is 2.27. The normalized spacial score (nSPS) is 15.9. The fourth-order valence-corrected chi connectivity index (χ4v) is 3.35. The highest BCUT2D eigenvalue weighted by molar-refractivity contribution is 7.71. The Labute approximate surface area is 146 Å². The molecule has 1 saturated heterocycles. The van der Waals surface area contributed by atoms with Crippen LogP contribution in [-0.4, -0.2) is 45.6 Å². The van der Waals surface area contributed by atoms with Gasteiger partial charge in [0, 0.05) is 25.7 Å². The average molecular weight is 340 g/mol. The Balaban J connectivity index is 1.76. The second kappa shape index (κ2) is 6.47. The van der Waals surface area contributed by atoms with Crippen molar-refractivity contribution in [3.63, 3.8) is 0 Å². The van der Waals surface area contributed by atoms with Gasteiger partial charge in [0.1, 0.15) is 0 Å². The molecule has 0 bridgehead atoms. The highest BCUT2D eigenvalue weighted by Gasteiger charge is 2.16. The van der Waals surface area contributed by atoms with Crippen LogP contribution in [0.2, 0.25) is 0 Å². The number of morpholine rings is 1. The average Bonchev–Trinajstić information content (AvgIpc) is 2.90. The zero-order valence-corrected chi connectivity index (χ0v) is 14.5. The van der Waals surface area contributed by atoms with E-state index in [0.29, 0.717) is 6.67 Å². The SMILES string of the molecule is Cn1c(-c2cccc3ccccc23)nn(CN2CCOCC2)c1=S. The van der Waals surface area contributed by atoms with Gasteiger partial charge in [0.15, 0.2) is 10.6 Å². The number of hydrogen-bond donors (Lipinski definition) is 0. The van der Waals surface area contributed by atoms with Gasteiger partial charge in [-0.1, -0.05) is 42.5 Å². The summed E-state index contributed by atoms with van der Waals surface area (Å²) in [5.74, 6) is 0.907. The standard InChI is InChI=1S/C18H20N4OS/c1-20-17(16-8-4-6-14-5-2-3-7-15(14)16)19-22(18(20)24)13-21-9-11-23-12-10-21/h2-8H,9-13H2,1H3. The van der Waals surface area contributed by atoms with Gasteiger partial charge in [0.05, 0.1) is 19.9 Å². The molecule has 0 radical (unpaired) electrons. The Morgan fingerprint density at radius 3 is 2.67 bits per heavy atom. The van der Waals surface area contributed by atoms with Gasteiger partial charge < -0.3 is 9.30 Å². The van der Waals surface area contributed by atoms with E-state index < -0.39 is 0 Å². The summed E-state index contributed by atoms with van der Waals surface area (Å²) < 4.78 is 10.1. The molecule has 1 aliphatic heterocycles. The molecule has 4 rings (SSSR count). The van der Waals surface area contributed by atoms with Crippen molar-refractivity contribution in [2.75, 3.05) is 26.3 Å². The van der Waals surface area contributed by atoms with Crippen LogP contribution in [0.5, 0.6) is 0 Å². The van der Waals surface area contributed by atoms with Crippen LogP contribution in [0.25, 0.3) is 22.2 Å². The minimum Gasteiger partial charge on any atom is -0.379 e. The number of fused-ring (bicyclic) bond motifs is 1. The molecule has 1 aromatic heterocycles. The van der Waals surface area contributed by atoms with Gasteiger partial charge in [-0.25, -0.2) is 4.68 Å². The van der Waals surface area contributed by atoms with E-state index in [1.165, 1.54) is 10.8 Å². The predicted molar refractivity (Wildman–Crippen MR) is 97.4 cm³/mol. The number of rotatable bonds is 3. The molecule has 5 nitrogen and oxygen atoms in total. The summed E-state index contributed by atoms with van der Waals surface area (Å²) in [6.45, 7) is 4.09. The summed E-state index contributed by atoms with van der Waals surface area (Å²) >= 11 is 5.61. The van der Waals surface area contributed by atoms with Crippen molar-refractivity contribution in [2.45, 2.75) is 6.67 Å². The van der Waals surface area contributed by atoms with Crippen LogP contribution in [-0.2, 0) is 18.5 Å². The van der Waals surface area contributed by atoms with Gasteiger partial charge in [0.25, 0.3) is 0 Å². The summed E-state index contributed by atoms with van der Waals surface area (Å²) in [6.07, 6.45) is 0. The van der Waals surface area contributed by atoms with E-state index in [2.05, 4.69) is 47.4 Å². The summed E-state index contributed by atoms with van der Waals surface area (Å²) in [5.41, 5.74) is 1.11. The molecule has 2 aromatic carbocycles. The van der Waals surface area contributed by atoms with Gasteiger partial charge >= 0.3 is 0 Å². The lowest BCUT2D eigenvalue weighted by molar-refractivity contribution is 0.0210. The minimum atomic E-state index is 0.709. The summed E-state index contributed by atoms with van der Waals surface area (Å²) in [4.78, 5) is 2.32. The first kappa shape index (κ1) is 15.5. The Hall–Kier alpha value is -2.02. The molecule has 0 N–H and O–H groups in total. The van der Waals surface area contributed by atoms with E-state index in [4.69, 9.17) is 22.1 Å². The maximum absolute atomic E-state index is 5.61. The fraction of sp³-hybridized carbons (Fsp3) is 0.333. The Morgan fingerprint density at radius 1 is 1.08 bits per heavy atom. The van der Waals surface area contributed by atoms with Crippen LogP contribution in [0.3, 0.4) is 0 Å². The summed E-state index contributed by atoms with van der Waals surface area (Å²) in [5, 5.41) is 7.22. The van der Waals surface area contributed by atoms with E-state index in [9.17, 15) is 0 Å². The molecule has 1 aliphatic rings. The maximum atomic E-state index is 5.61. The largest absolute Gasteiger partial charge is 0.379 e. The lowest BCUT2D eigenvalue weighted by atomic mass is 10.0. The van der Waals surface area contributed by atoms with Gasteiger partial charge in [-0.15, -0.1) is 0 Å². The topological polar surface area (TPSA) is 35.2 Å². The Kier molecular flexibility index (Phi) is 4.18. The van der Waals surface area contributed by atoms with Gasteiger partial charge in [-0.05, 0) is 23.0 Å². The molecule has 0 aliphatic carbocycles. The molecule has 0 atom stereocenters. The molecule has 124 valence electrons. The van der Waals surface area contributed by atoms with Crippen molar-refractivity contribution in [1.82, 2.24) is 19.2 Å². The second-order valence-corrected chi connectivity index (χ2v) is 6.43. The smallest absolute Gasteiger partial charge is 0.199 e. The number of nitrogens with zero attached hydrogens (tertiary/aromatic N) is 4. The maximum Gasteiger partial charge on any atom is 0.199 e. The third kappa shape index (κ3) is 2.77. The van der Waals surface area contributed by atoms with Crippen LogP contribution < -0.4 is 0 Å². The summed E-state index contributed by atoms with van der Waals surface area (Å²) in [7, 11) is 1.99. The first-order chi connectivity index (χ1) is 11.7. The number of ether oxygens (including phenoxy) is 1. The molecule has 6 heteroatoms. The fourth-order valence-electron chi connectivity index (χ4n) is 3.17. The van der Waals surface area contributed by atoms with E-state index in [1.807, 2.05) is 16.3 Å². The molecule has 1 fully saturated rings. The molecule has 2 heterocycles. The minimum absolute atomic E-state index is 0.709. The first-order valence-corrected chi connectivity index (χ1v) is 8.57. The molecular weight excluding hydrogens is 320 g/mol. The molecule has 3 aromatic rings. The van der Waals surface area contributed by atoms with Gasteiger partial charge in [0.2, 0.25) is 0 Å². The highest BCUT2D eigenvalue weighted by atomic mass is 32.1. The number of benzene rings is 2. The van der Waals surface area contributed by atoms with E-state index in [-0.39, 0.29) is 0 Å². The van der Waals surface area contributed by atoms with Crippen LogP contribution in [0, 0.1) is 4.77 Å². The molecule has 0 amide bonds. The Bertz CT molecular complexity index is 919. The van der Waals surface area contributed by atoms with Crippen molar-refractivity contribution in [1.29, 1.82) is 0 Å². The van der Waals surface area contributed by atoms with Crippen LogP contribution >= 0.6 is 12.2 Å². The van der Waals surface area contributed by atoms with Crippen molar-refractivity contribution in [3.8, 4) is 11.4 Å². The number of aromatic nitrogens is 3.